The number of hydrogen-bond acceptors (Lipinski definition) is 6. The summed E-state index contributed by atoms with van der Waals surface area (Å²) >= 11 is 2.82. The van der Waals surface area contributed by atoms with Crippen molar-refractivity contribution >= 4 is 40.0 Å². The fraction of sp³-hybridized carbons (Fsp3) is 0.350. The Morgan fingerprint density at radius 3 is 2.89 bits per heavy atom. The minimum atomic E-state index is -0.446. The molecule has 0 aliphatic heterocycles. The Hall–Kier alpha value is -2.30. The van der Waals surface area contributed by atoms with Gasteiger partial charge in [-0.05, 0) is 42.9 Å². The average molecular weight is 401 g/mol. The topological polar surface area (TPSA) is 79.2 Å². The number of anilines is 1. The van der Waals surface area contributed by atoms with Crippen LogP contribution in [0.15, 0.2) is 35.2 Å². The number of nitrogens with zero attached hydrogens (tertiary/aromatic N) is 1. The van der Waals surface area contributed by atoms with E-state index in [1.807, 2.05) is 30.3 Å². The number of ether oxygens (including phenoxy) is 1. The van der Waals surface area contributed by atoms with Gasteiger partial charge >= 0.3 is 5.97 Å². The van der Waals surface area contributed by atoms with E-state index in [1.54, 1.807) is 0 Å². The van der Waals surface area contributed by atoms with Gasteiger partial charge in [0.05, 0.1) is 11.3 Å². The van der Waals surface area contributed by atoms with E-state index in [1.165, 1.54) is 28.0 Å². The van der Waals surface area contributed by atoms with E-state index in [2.05, 4.69) is 18.3 Å². The minimum Gasteiger partial charge on any atom is -0.455 e. The van der Waals surface area contributed by atoms with Gasteiger partial charge in [0.25, 0.3) is 5.91 Å². The molecule has 5 nitrogen and oxygen atoms in total. The molecule has 1 aromatic carbocycles. The molecule has 3 rings (SSSR count). The summed E-state index contributed by atoms with van der Waals surface area (Å²) in [5.74, 6) is -0.129. The van der Waals surface area contributed by atoms with Crippen molar-refractivity contribution in [1.29, 1.82) is 5.26 Å². The fourth-order valence-electron chi connectivity index (χ4n) is 2.97. The monoisotopic (exact) mass is 400 g/mol. The zero-order valence-corrected chi connectivity index (χ0v) is 16.6. The standard InChI is InChI=1S/C20H20N2O3S2/c1-13-7-8-15-16(10-21)20(27-17(15)9-13)22-18(23)11-25-19(24)12-26-14-5-3-2-4-6-14/h2-6,13H,7-9,11-12H2,1H3,(H,22,23). The largest absolute Gasteiger partial charge is 0.455 e. The predicted octanol–water partition coefficient (Wildman–Crippen LogP) is 4.02. The first kappa shape index (κ1) is 19.5. The number of thioether (sulfide) groups is 1. The number of carbonyl (C=O) groups is 2. The fourth-order valence-corrected chi connectivity index (χ4v) is 5.06. The van der Waals surface area contributed by atoms with E-state index in [9.17, 15) is 14.9 Å². The molecule has 1 atom stereocenters. The van der Waals surface area contributed by atoms with Crippen molar-refractivity contribution < 1.29 is 14.3 Å². The molecule has 7 heteroatoms. The summed E-state index contributed by atoms with van der Waals surface area (Å²) in [5, 5.41) is 12.8. The molecule has 140 valence electrons. The van der Waals surface area contributed by atoms with Gasteiger partial charge in [0.15, 0.2) is 6.61 Å². The molecular weight excluding hydrogens is 380 g/mol. The van der Waals surface area contributed by atoms with Crippen LogP contribution in [0.5, 0.6) is 0 Å². The molecule has 1 amide bonds. The SMILES string of the molecule is CC1CCc2c(sc(NC(=O)COC(=O)CSc3ccccc3)c2C#N)C1. The zero-order valence-electron chi connectivity index (χ0n) is 15.0. The summed E-state index contributed by atoms with van der Waals surface area (Å²) in [7, 11) is 0. The van der Waals surface area contributed by atoms with Gasteiger partial charge in [0.2, 0.25) is 0 Å². The normalized spacial score (nSPS) is 15.5. The van der Waals surface area contributed by atoms with E-state index < -0.39 is 11.9 Å². The minimum absolute atomic E-state index is 0.145. The van der Waals surface area contributed by atoms with Gasteiger partial charge in [-0.1, -0.05) is 25.1 Å². The lowest BCUT2D eigenvalue weighted by molar-refractivity contribution is -0.144. The smallest absolute Gasteiger partial charge is 0.316 e. The zero-order chi connectivity index (χ0) is 19.2. The number of hydrogen-bond donors (Lipinski definition) is 1. The van der Waals surface area contributed by atoms with E-state index in [0.717, 1.165) is 29.7 Å². The Kier molecular flexibility index (Phi) is 6.54. The summed E-state index contributed by atoms with van der Waals surface area (Å²) < 4.78 is 5.04. The summed E-state index contributed by atoms with van der Waals surface area (Å²) in [6.45, 7) is 1.85. The van der Waals surface area contributed by atoms with Crippen LogP contribution in [-0.4, -0.2) is 24.2 Å². The van der Waals surface area contributed by atoms with Crippen molar-refractivity contribution in [2.75, 3.05) is 17.7 Å². The highest BCUT2D eigenvalue weighted by molar-refractivity contribution is 8.00. The lowest BCUT2D eigenvalue weighted by Gasteiger charge is -2.17. The van der Waals surface area contributed by atoms with E-state index in [-0.39, 0.29) is 12.4 Å². The number of nitrogens with one attached hydrogen (secondary N) is 1. The highest BCUT2D eigenvalue weighted by Crippen LogP contribution is 2.39. The van der Waals surface area contributed by atoms with Crippen molar-refractivity contribution in [1.82, 2.24) is 0 Å². The molecule has 0 saturated heterocycles. The molecule has 1 unspecified atom stereocenters. The van der Waals surface area contributed by atoms with Crippen LogP contribution in [0, 0.1) is 17.2 Å². The Morgan fingerprint density at radius 2 is 2.15 bits per heavy atom. The summed E-state index contributed by atoms with van der Waals surface area (Å²) in [5.41, 5.74) is 1.62. The van der Waals surface area contributed by atoms with Gasteiger partial charge in [-0.25, -0.2) is 0 Å². The quantitative estimate of drug-likeness (QED) is 0.585. The number of carbonyl (C=O) groups excluding carboxylic acids is 2. The Balaban J connectivity index is 1.51. The van der Waals surface area contributed by atoms with E-state index in [4.69, 9.17) is 4.74 Å². The molecule has 0 radical (unpaired) electrons. The molecule has 1 aliphatic carbocycles. The number of esters is 1. The molecule has 1 N–H and O–H groups in total. The van der Waals surface area contributed by atoms with Crippen molar-refractivity contribution in [3.05, 3.63) is 46.3 Å². The van der Waals surface area contributed by atoms with Gasteiger partial charge in [-0.2, -0.15) is 5.26 Å². The van der Waals surface area contributed by atoms with Gasteiger partial charge in [0.1, 0.15) is 11.1 Å². The number of fused-ring (bicyclic) bond motifs is 1. The van der Waals surface area contributed by atoms with Gasteiger partial charge in [-0.3, -0.25) is 9.59 Å². The second-order valence-electron chi connectivity index (χ2n) is 6.48. The van der Waals surface area contributed by atoms with Crippen LogP contribution in [0.2, 0.25) is 0 Å². The van der Waals surface area contributed by atoms with Gasteiger partial charge in [0, 0.05) is 9.77 Å². The van der Waals surface area contributed by atoms with Crippen molar-refractivity contribution in [3.63, 3.8) is 0 Å². The average Bonchev–Trinajstić information content (AvgIpc) is 3.01. The first-order chi connectivity index (χ1) is 13.1. The van der Waals surface area contributed by atoms with Crippen LogP contribution in [0.4, 0.5) is 5.00 Å². The number of thiophene rings is 1. The lowest BCUT2D eigenvalue weighted by Crippen LogP contribution is -2.21. The Bertz CT molecular complexity index is 871. The van der Waals surface area contributed by atoms with Crippen molar-refractivity contribution in [2.24, 2.45) is 5.92 Å². The van der Waals surface area contributed by atoms with Crippen LogP contribution in [-0.2, 0) is 27.2 Å². The van der Waals surface area contributed by atoms with Crippen molar-refractivity contribution in [2.45, 2.75) is 31.1 Å². The first-order valence-electron chi connectivity index (χ1n) is 8.74. The number of rotatable bonds is 6. The highest BCUT2D eigenvalue weighted by atomic mass is 32.2. The number of amides is 1. The molecule has 1 aromatic heterocycles. The molecule has 0 spiro atoms. The lowest BCUT2D eigenvalue weighted by atomic mass is 9.89. The molecule has 2 aromatic rings. The van der Waals surface area contributed by atoms with Crippen molar-refractivity contribution in [3.8, 4) is 6.07 Å². The Labute approximate surface area is 166 Å². The third-order valence-electron chi connectivity index (χ3n) is 4.34. The molecule has 1 aliphatic rings. The van der Waals surface area contributed by atoms with Crippen LogP contribution >= 0.6 is 23.1 Å². The first-order valence-corrected chi connectivity index (χ1v) is 10.5. The highest BCUT2D eigenvalue weighted by Gasteiger charge is 2.24. The third-order valence-corrected chi connectivity index (χ3v) is 6.50. The van der Waals surface area contributed by atoms with E-state index >= 15 is 0 Å². The van der Waals surface area contributed by atoms with Crippen LogP contribution in [0.1, 0.15) is 29.3 Å². The van der Waals surface area contributed by atoms with Gasteiger partial charge < -0.3 is 10.1 Å². The molecule has 0 bridgehead atoms. The second kappa shape index (κ2) is 9.07. The maximum atomic E-state index is 12.1. The number of benzene rings is 1. The van der Waals surface area contributed by atoms with Crippen LogP contribution in [0.3, 0.4) is 0 Å². The maximum absolute atomic E-state index is 12.1. The predicted molar refractivity (Wildman–Crippen MR) is 107 cm³/mol. The van der Waals surface area contributed by atoms with E-state index in [0.29, 0.717) is 16.5 Å². The molecule has 0 fully saturated rings. The number of nitriles is 1. The maximum Gasteiger partial charge on any atom is 0.316 e. The Morgan fingerprint density at radius 1 is 1.37 bits per heavy atom. The van der Waals surface area contributed by atoms with Gasteiger partial charge in [-0.15, -0.1) is 23.1 Å². The van der Waals surface area contributed by atoms with Crippen LogP contribution < -0.4 is 5.32 Å². The molecule has 27 heavy (non-hydrogen) atoms. The summed E-state index contributed by atoms with van der Waals surface area (Å²) in [6, 6.07) is 11.7. The van der Waals surface area contributed by atoms with Crippen LogP contribution in [0.25, 0.3) is 0 Å². The summed E-state index contributed by atoms with van der Waals surface area (Å²) in [4.78, 5) is 26.1. The third kappa shape index (κ3) is 5.12. The molecule has 0 saturated carbocycles. The summed E-state index contributed by atoms with van der Waals surface area (Å²) in [6.07, 6.45) is 2.87. The molecular formula is C20H20N2O3S2. The molecule has 1 heterocycles. The second-order valence-corrected chi connectivity index (χ2v) is 8.63.